The number of hydrogen-bond donors (Lipinski definition) is 2. The summed E-state index contributed by atoms with van der Waals surface area (Å²) in [6.45, 7) is 5.92. The van der Waals surface area contributed by atoms with Gasteiger partial charge in [0.25, 0.3) is 5.91 Å². The first-order valence-corrected chi connectivity index (χ1v) is 8.57. The van der Waals surface area contributed by atoms with Crippen LogP contribution in [-0.4, -0.2) is 31.6 Å². The summed E-state index contributed by atoms with van der Waals surface area (Å²) in [6, 6.07) is 17.5. The molecule has 2 aromatic carbocycles. The zero-order chi connectivity index (χ0) is 17.9. The second-order valence-corrected chi connectivity index (χ2v) is 5.77. The topological polar surface area (TPSA) is 59.6 Å². The molecule has 1 atom stereocenters. The van der Waals surface area contributed by atoms with E-state index in [-0.39, 0.29) is 18.6 Å². The smallest absolute Gasteiger partial charge is 0.257 e. The number of hydrogen-bond acceptors (Lipinski definition) is 4. The molecule has 5 heteroatoms. The van der Waals surface area contributed by atoms with Crippen molar-refractivity contribution in [2.45, 2.75) is 26.5 Å². The number of benzene rings is 2. The molecule has 0 bridgehead atoms. The molecule has 5 nitrogen and oxygen atoms in total. The molecule has 0 aliphatic rings. The zero-order valence-electron chi connectivity index (χ0n) is 14.8. The fourth-order valence-electron chi connectivity index (χ4n) is 2.31. The number of likely N-dealkylation sites (N-methyl/N-ethyl adjacent to an activating group) is 1. The summed E-state index contributed by atoms with van der Waals surface area (Å²) in [5.74, 6) is 1.04. The van der Waals surface area contributed by atoms with Crippen molar-refractivity contribution in [3.8, 4) is 11.5 Å². The molecule has 2 N–H and O–H groups in total. The second kappa shape index (κ2) is 10.4. The van der Waals surface area contributed by atoms with Crippen molar-refractivity contribution in [1.29, 1.82) is 0 Å². The lowest BCUT2D eigenvalue weighted by Gasteiger charge is -2.15. The molecule has 0 unspecified atom stereocenters. The summed E-state index contributed by atoms with van der Waals surface area (Å²) in [5, 5.41) is 6.09. The molecule has 0 aliphatic heterocycles. The number of rotatable bonds is 10. The van der Waals surface area contributed by atoms with E-state index in [1.165, 1.54) is 0 Å². The second-order valence-electron chi connectivity index (χ2n) is 5.77. The summed E-state index contributed by atoms with van der Waals surface area (Å²) in [5.41, 5.74) is 1.08. The lowest BCUT2D eigenvalue weighted by molar-refractivity contribution is -0.123. The highest BCUT2D eigenvalue weighted by Crippen LogP contribution is 2.27. The van der Waals surface area contributed by atoms with Gasteiger partial charge in [0.1, 0.15) is 6.61 Å². The first-order valence-electron chi connectivity index (χ1n) is 8.57. The molecule has 2 aromatic rings. The number of ether oxygens (including phenoxy) is 2. The molecule has 2 rings (SSSR count). The fourth-order valence-corrected chi connectivity index (χ4v) is 2.31. The minimum atomic E-state index is -0.150. The molecule has 0 heterocycles. The molecular weight excluding hydrogens is 316 g/mol. The number of carbonyl (C=O) groups is 1. The Morgan fingerprint density at radius 1 is 1.00 bits per heavy atom. The van der Waals surface area contributed by atoms with Gasteiger partial charge in [-0.3, -0.25) is 4.79 Å². The monoisotopic (exact) mass is 342 g/mol. The van der Waals surface area contributed by atoms with Crippen molar-refractivity contribution in [3.05, 3.63) is 60.2 Å². The zero-order valence-corrected chi connectivity index (χ0v) is 14.8. The van der Waals surface area contributed by atoms with Crippen LogP contribution < -0.4 is 20.1 Å². The van der Waals surface area contributed by atoms with E-state index in [4.69, 9.17) is 9.47 Å². The third kappa shape index (κ3) is 6.85. The number of nitrogens with one attached hydrogen (secondary N) is 2. The molecule has 0 aromatic heterocycles. The van der Waals surface area contributed by atoms with Crippen molar-refractivity contribution in [2.24, 2.45) is 0 Å². The van der Waals surface area contributed by atoms with Gasteiger partial charge in [-0.1, -0.05) is 49.4 Å². The predicted molar refractivity (Wildman–Crippen MR) is 98.9 cm³/mol. The van der Waals surface area contributed by atoms with Gasteiger partial charge in [-0.15, -0.1) is 0 Å². The maximum atomic E-state index is 11.9. The quantitative estimate of drug-likeness (QED) is 0.697. The third-order valence-corrected chi connectivity index (χ3v) is 3.60. The lowest BCUT2D eigenvalue weighted by atomic mass is 10.2. The number of para-hydroxylation sites is 2. The summed E-state index contributed by atoms with van der Waals surface area (Å²) in [4.78, 5) is 11.9. The SMILES string of the molecule is CCN[C@H](C)CNC(=O)COc1ccccc1OCc1ccccc1. The molecule has 0 saturated carbocycles. The van der Waals surface area contributed by atoms with Crippen LogP contribution in [0.1, 0.15) is 19.4 Å². The summed E-state index contributed by atoms with van der Waals surface area (Å²) in [6.07, 6.45) is 0. The summed E-state index contributed by atoms with van der Waals surface area (Å²) in [7, 11) is 0. The molecule has 0 radical (unpaired) electrons. The molecule has 134 valence electrons. The number of carbonyl (C=O) groups excluding carboxylic acids is 1. The first-order chi connectivity index (χ1) is 12.2. The van der Waals surface area contributed by atoms with Crippen LogP contribution in [0.5, 0.6) is 11.5 Å². The van der Waals surface area contributed by atoms with Crippen LogP contribution in [0.2, 0.25) is 0 Å². The number of amides is 1. The average Bonchev–Trinajstić information content (AvgIpc) is 2.65. The Balaban J connectivity index is 1.82. The van der Waals surface area contributed by atoms with Crippen LogP contribution in [0, 0.1) is 0 Å². The molecule has 1 amide bonds. The Bertz CT molecular complexity index is 646. The van der Waals surface area contributed by atoms with Crippen molar-refractivity contribution >= 4 is 5.91 Å². The van der Waals surface area contributed by atoms with E-state index in [0.717, 1.165) is 12.1 Å². The van der Waals surface area contributed by atoms with Crippen molar-refractivity contribution in [1.82, 2.24) is 10.6 Å². The summed E-state index contributed by atoms with van der Waals surface area (Å²) >= 11 is 0. The van der Waals surface area contributed by atoms with Crippen molar-refractivity contribution in [2.75, 3.05) is 19.7 Å². The van der Waals surface area contributed by atoms with Gasteiger partial charge in [0.05, 0.1) is 0 Å². The standard InChI is InChI=1S/C20H26N2O3/c1-3-21-16(2)13-22-20(23)15-25-19-12-8-7-11-18(19)24-14-17-9-5-4-6-10-17/h4-12,16,21H,3,13-15H2,1-2H3,(H,22,23)/t16-/m1/s1. The normalized spacial score (nSPS) is 11.6. The van der Waals surface area contributed by atoms with E-state index in [2.05, 4.69) is 10.6 Å². The van der Waals surface area contributed by atoms with Crippen LogP contribution in [0.3, 0.4) is 0 Å². The lowest BCUT2D eigenvalue weighted by Crippen LogP contribution is -2.40. The van der Waals surface area contributed by atoms with Crippen LogP contribution in [-0.2, 0) is 11.4 Å². The molecule has 0 spiro atoms. The van der Waals surface area contributed by atoms with E-state index < -0.39 is 0 Å². The Hall–Kier alpha value is -2.53. The molecular formula is C20H26N2O3. The average molecular weight is 342 g/mol. The van der Waals surface area contributed by atoms with Crippen LogP contribution in [0.4, 0.5) is 0 Å². The maximum absolute atomic E-state index is 11.9. The Kier molecular flexibility index (Phi) is 7.79. The molecule has 25 heavy (non-hydrogen) atoms. The molecule has 0 fully saturated rings. The van der Waals surface area contributed by atoms with Crippen LogP contribution >= 0.6 is 0 Å². The van der Waals surface area contributed by atoms with Crippen molar-refractivity contribution in [3.63, 3.8) is 0 Å². The molecule has 0 saturated heterocycles. The van der Waals surface area contributed by atoms with Crippen LogP contribution in [0.25, 0.3) is 0 Å². The minimum absolute atomic E-state index is 0.0371. The Morgan fingerprint density at radius 3 is 2.32 bits per heavy atom. The highest BCUT2D eigenvalue weighted by atomic mass is 16.5. The predicted octanol–water partition coefficient (Wildman–Crippen LogP) is 2.76. The summed E-state index contributed by atoms with van der Waals surface area (Å²) < 4.78 is 11.4. The Labute approximate surface area is 149 Å². The fraction of sp³-hybridized carbons (Fsp3) is 0.350. The van der Waals surface area contributed by atoms with E-state index in [0.29, 0.717) is 24.7 Å². The van der Waals surface area contributed by atoms with Crippen LogP contribution in [0.15, 0.2) is 54.6 Å². The minimum Gasteiger partial charge on any atom is -0.485 e. The van der Waals surface area contributed by atoms with Gasteiger partial charge in [0.2, 0.25) is 0 Å². The van der Waals surface area contributed by atoms with Gasteiger partial charge in [0, 0.05) is 12.6 Å². The maximum Gasteiger partial charge on any atom is 0.257 e. The largest absolute Gasteiger partial charge is 0.485 e. The highest BCUT2D eigenvalue weighted by Gasteiger charge is 2.09. The van der Waals surface area contributed by atoms with Gasteiger partial charge in [0.15, 0.2) is 18.1 Å². The third-order valence-electron chi connectivity index (χ3n) is 3.60. The van der Waals surface area contributed by atoms with Crippen molar-refractivity contribution < 1.29 is 14.3 Å². The van der Waals surface area contributed by atoms with Gasteiger partial charge in [-0.25, -0.2) is 0 Å². The van der Waals surface area contributed by atoms with E-state index >= 15 is 0 Å². The van der Waals surface area contributed by atoms with E-state index in [1.807, 2.05) is 62.4 Å². The van der Waals surface area contributed by atoms with Gasteiger partial charge >= 0.3 is 0 Å². The molecule has 0 aliphatic carbocycles. The Morgan fingerprint density at radius 2 is 1.64 bits per heavy atom. The van der Waals surface area contributed by atoms with E-state index in [9.17, 15) is 4.79 Å². The first kappa shape index (κ1) is 18.8. The van der Waals surface area contributed by atoms with Gasteiger partial charge < -0.3 is 20.1 Å². The van der Waals surface area contributed by atoms with Gasteiger partial charge in [-0.05, 0) is 31.2 Å². The highest BCUT2D eigenvalue weighted by molar-refractivity contribution is 5.77. The van der Waals surface area contributed by atoms with Gasteiger partial charge in [-0.2, -0.15) is 0 Å². The van der Waals surface area contributed by atoms with E-state index in [1.54, 1.807) is 6.07 Å².